The summed E-state index contributed by atoms with van der Waals surface area (Å²) in [6.45, 7) is 6.06. The van der Waals surface area contributed by atoms with E-state index in [0.29, 0.717) is 5.56 Å². The highest BCUT2D eigenvalue weighted by atomic mass is 32.1. The summed E-state index contributed by atoms with van der Waals surface area (Å²) < 4.78 is 0. The highest BCUT2D eigenvalue weighted by molar-refractivity contribution is 7.11. The van der Waals surface area contributed by atoms with Crippen molar-refractivity contribution in [2.45, 2.75) is 33.2 Å². The van der Waals surface area contributed by atoms with Crippen LogP contribution in [-0.2, 0) is 6.42 Å². The predicted molar refractivity (Wildman–Crippen MR) is 96.2 cm³/mol. The van der Waals surface area contributed by atoms with E-state index in [9.17, 15) is 4.79 Å². The summed E-state index contributed by atoms with van der Waals surface area (Å²) in [5.74, 6) is -0.0347. The van der Waals surface area contributed by atoms with Crippen molar-refractivity contribution in [3.63, 3.8) is 0 Å². The van der Waals surface area contributed by atoms with Gasteiger partial charge in [0.1, 0.15) is 0 Å². The minimum Gasteiger partial charge on any atom is -0.349 e. The number of thiophene rings is 1. The molecule has 0 bridgehead atoms. The lowest BCUT2D eigenvalue weighted by Gasteiger charge is -2.14. The van der Waals surface area contributed by atoms with E-state index in [2.05, 4.69) is 29.4 Å². The molecule has 1 unspecified atom stereocenters. The molecule has 0 spiro atoms. The average molecular weight is 324 g/mol. The monoisotopic (exact) mass is 324 g/mol. The van der Waals surface area contributed by atoms with Crippen molar-refractivity contribution in [2.24, 2.45) is 0 Å². The second-order valence-corrected chi connectivity index (χ2v) is 7.29. The number of pyridine rings is 1. The Morgan fingerprint density at radius 2 is 2.00 bits per heavy atom. The molecule has 2 aromatic heterocycles. The molecule has 0 aliphatic carbocycles. The Bertz CT molecular complexity index is 853. The minimum atomic E-state index is -0.0347. The minimum absolute atomic E-state index is 0.0347. The largest absolute Gasteiger partial charge is 0.349 e. The highest BCUT2D eigenvalue weighted by Crippen LogP contribution is 2.19. The first-order valence-electron chi connectivity index (χ1n) is 7.75. The lowest BCUT2D eigenvalue weighted by Crippen LogP contribution is -2.34. The Balaban J connectivity index is 1.80. The Hall–Kier alpha value is -2.20. The molecule has 0 fully saturated rings. The zero-order valence-corrected chi connectivity index (χ0v) is 14.4. The number of benzene rings is 1. The van der Waals surface area contributed by atoms with Crippen LogP contribution in [0.1, 0.15) is 32.7 Å². The fraction of sp³-hybridized carbons (Fsp3) is 0.263. The second kappa shape index (κ2) is 6.50. The lowest BCUT2D eigenvalue weighted by molar-refractivity contribution is 0.0941. The molecule has 3 aromatic rings. The van der Waals surface area contributed by atoms with Crippen LogP contribution >= 0.6 is 11.3 Å². The smallest absolute Gasteiger partial charge is 0.252 e. The predicted octanol–water partition coefficient (Wildman–Crippen LogP) is 4.27. The van der Waals surface area contributed by atoms with Crippen LogP contribution in [0.15, 0.2) is 42.5 Å². The number of aromatic nitrogens is 1. The van der Waals surface area contributed by atoms with E-state index < -0.39 is 0 Å². The Kier molecular flexibility index (Phi) is 4.44. The van der Waals surface area contributed by atoms with Crippen LogP contribution in [0.3, 0.4) is 0 Å². The molecule has 0 saturated heterocycles. The summed E-state index contributed by atoms with van der Waals surface area (Å²) in [7, 11) is 0. The van der Waals surface area contributed by atoms with Crippen molar-refractivity contribution >= 4 is 28.1 Å². The molecule has 1 aromatic carbocycles. The van der Waals surface area contributed by atoms with Crippen LogP contribution in [-0.4, -0.2) is 16.9 Å². The van der Waals surface area contributed by atoms with Crippen LogP contribution in [0, 0.1) is 13.8 Å². The van der Waals surface area contributed by atoms with Gasteiger partial charge in [0.05, 0.1) is 11.1 Å². The molecular weight excluding hydrogens is 304 g/mol. The molecule has 3 rings (SSSR count). The van der Waals surface area contributed by atoms with Gasteiger partial charge < -0.3 is 5.32 Å². The van der Waals surface area contributed by atoms with Gasteiger partial charge in [-0.1, -0.05) is 18.2 Å². The van der Waals surface area contributed by atoms with Crippen molar-refractivity contribution in [2.75, 3.05) is 0 Å². The number of amides is 1. The maximum absolute atomic E-state index is 12.7. The van der Waals surface area contributed by atoms with E-state index in [1.165, 1.54) is 9.75 Å². The van der Waals surface area contributed by atoms with Crippen molar-refractivity contribution in [1.82, 2.24) is 10.3 Å². The summed E-state index contributed by atoms with van der Waals surface area (Å²) in [6.07, 6.45) is 0.853. The maximum atomic E-state index is 12.7. The molecule has 0 radical (unpaired) electrons. The lowest BCUT2D eigenvalue weighted by atomic mass is 10.1. The Morgan fingerprint density at radius 1 is 1.22 bits per heavy atom. The van der Waals surface area contributed by atoms with Crippen LogP contribution in [0.5, 0.6) is 0 Å². The molecule has 1 atom stereocenters. The van der Waals surface area contributed by atoms with E-state index in [1.54, 1.807) is 11.3 Å². The molecule has 1 N–H and O–H groups in total. The first-order valence-corrected chi connectivity index (χ1v) is 8.57. The average Bonchev–Trinajstić information content (AvgIpc) is 2.91. The van der Waals surface area contributed by atoms with E-state index in [4.69, 9.17) is 0 Å². The number of hydrogen-bond acceptors (Lipinski definition) is 3. The third-order valence-corrected chi connectivity index (χ3v) is 4.79. The SMILES string of the molecule is Cc1cc(C(=O)NC(C)Cc2ccc(C)s2)c2ccccc2n1. The first kappa shape index (κ1) is 15.7. The van der Waals surface area contributed by atoms with E-state index in [0.717, 1.165) is 23.0 Å². The maximum Gasteiger partial charge on any atom is 0.252 e. The van der Waals surface area contributed by atoms with Crippen molar-refractivity contribution < 1.29 is 4.79 Å². The van der Waals surface area contributed by atoms with Crippen LogP contribution in [0.25, 0.3) is 10.9 Å². The van der Waals surface area contributed by atoms with Gasteiger partial charge in [0, 0.05) is 33.3 Å². The van der Waals surface area contributed by atoms with E-state index in [1.807, 2.05) is 44.2 Å². The standard InChI is InChI=1S/C19H20N2OS/c1-12(10-15-9-8-14(3)23-15)21-19(22)17-11-13(2)20-18-7-5-4-6-16(17)18/h4-9,11-12H,10H2,1-3H3,(H,21,22). The van der Waals surface area contributed by atoms with Gasteiger partial charge in [0.15, 0.2) is 0 Å². The van der Waals surface area contributed by atoms with Gasteiger partial charge in [-0.25, -0.2) is 0 Å². The number of nitrogens with zero attached hydrogens (tertiary/aromatic N) is 1. The second-order valence-electron chi connectivity index (χ2n) is 5.92. The number of fused-ring (bicyclic) bond motifs is 1. The van der Waals surface area contributed by atoms with Crippen molar-refractivity contribution in [3.8, 4) is 0 Å². The number of carbonyl (C=O) groups is 1. The van der Waals surface area contributed by atoms with Crippen molar-refractivity contribution in [3.05, 3.63) is 63.5 Å². The van der Waals surface area contributed by atoms with Gasteiger partial charge in [-0.2, -0.15) is 0 Å². The molecular formula is C19H20N2OS. The van der Waals surface area contributed by atoms with E-state index >= 15 is 0 Å². The van der Waals surface area contributed by atoms with Crippen molar-refractivity contribution in [1.29, 1.82) is 0 Å². The van der Waals surface area contributed by atoms with Gasteiger partial charge >= 0.3 is 0 Å². The van der Waals surface area contributed by atoms with Gasteiger partial charge in [0.25, 0.3) is 5.91 Å². The van der Waals surface area contributed by atoms with Gasteiger partial charge in [-0.15, -0.1) is 11.3 Å². The Morgan fingerprint density at radius 3 is 2.74 bits per heavy atom. The molecule has 118 valence electrons. The molecule has 2 heterocycles. The molecule has 0 aliphatic rings. The molecule has 23 heavy (non-hydrogen) atoms. The summed E-state index contributed by atoms with van der Waals surface area (Å²) in [5, 5.41) is 4.01. The quantitative estimate of drug-likeness (QED) is 0.778. The van der Waals surface area contributed by atoms with Crippen LogP contribution in [0.2, 0.25) is 0 Å². The molecule has 3 nitrogen and oxygen atoms in total. The van der Waals surface area contributed by atoms with Gasteiger partial charge in [-0.3, -0.25) is 9.78 Å². The first-order chi connectivity index (χ1) is 11.0. The fourth-order valence-corrected chi connectivity index (χ4v) is 3.76. The Labute approximate surface area is 140 Å². The number of nitrogens with one attached hydrogen (secondary N) is 1. The zero-order chi connectivity index (χ0) is 16.4. The zero-order valence-electron chi connectivity index (χ0n) is 13.6. The summed E-state index contributed by atoms with van der Waals surface area (Å²) in [6, 6.07) is 14.0. The highest BCUT2D eigenvalue weighted by Gasteiger charge is 2.15. The number of hydrogen-bond donors (Lipinski definition) is 1. The third-order valence-electron chi connectivity index (χ3n) is 3.77. The molecule has 0 saturated carbocycles. The van der Waals surface area contributed by atoms with Crippen LogP contribution in [0.4, 0.5) is 0 Å². The van der Waals surface area contributed by atoms with Crippen LogP contribution < -0.4 is 5.32 Å². The fourth-order valence-electron chi connectivity index (χ4n) is 2.74. The van der Waals surface area contributed by atoms with Gasteiger partial charge in [0.2, 0.25) is 0 Å². The molecule has 1 amide bonds. The number of rotatable bonds is 4. The summed E-state index contributed by atoms with van der Waals surface area (Å²) in [4.78, 5) is 19.8. The molecule has 0 aliphatic heterocycles. The summed E-state index contributed by atoms with van der Waals surface area (Å²) >= 11 is 1.78. The number of carbonyl (C=O) groups excluding carboxylic acids is 1. The van der Waals surface area contributed by atoms with Gasteiger partial charge in [-0.05, 0) is 45.0 Å². The van der Waals surface area contributed by atoms with E-state index in [-0.39, 0.29) is 11.9 Å². The third kappa shape index (κ3) is 3.59. The normalized spacial score (nSPS) is 12.3. The molecule has 4 heteroatoms. The number of para-hydroxylation sites is 1. The number of aryl methyl sites for hydroxylation is 2. The topological polar surface area (TPSA) is 42.0 Å². The summed E-state index contributed by atoms with van der Waals surface area (Å²) in [5.41, 5.74) is 2.41.